The zero-order valence-corrected chi connectivity index (χ0v) is 8.27. The highest BCUT2D eigenvalue weighted by Crippen LogP contribution is 2.15. The molecule has 0 fully saturated rings. The molecule has 3 heteroatoms. The van der Waals surface area contributed by atoms with E-state index < -0.39 is 0 Å². The van der Waals surface area contributed by atoms with E-state index in [1.54, 1.807) is 37.5 Å². The fraction of sp³-hybridized carbons (Fsp3) is 0.0833. The molecular formula is C12H10FNO. The van der Waals surface area contributed by atoms with Gasteiger partial charge in [-0.15, -0.1) is 0 Å². The molecule has 0 aliphatic rings. The highest BCUT2D eigenvalue weighted by molar-refractivity contribution is 5.62. The number of aryl methyl sites for hydroxylation is 1. The summed E-state index contributed by atoms with van der Waals surface area (Å²) < 4.78 is 14.4. The molecule has 0 saturated carbocycles. The monoisotopic (exact) mass is 203 g/mol. The summed E-state index contributed by atoms with van der Waals surface area (Å²) in [5, 5.41) is 0. The Bertz CT molecular complexity index is 545. The van der Waals surface area contributed by atoms with Crippen molar-refractivity contribution in [2.24, 2.45) is 7.05 Å². The standard InChI is InChI=1S/C12H10FNO/c1-14-7-3-6-11(12(14)15)9-4-2-5-10(13)8-9/h2-8H,1H3. The van der Waals surface area contributed by atoms with E-state index in [0.717, 1.165) is 0 Å². The summed E-state index contributed by atoms with van der Waals surface area (Å²) in [7, 11) is 1.67. The van der Waals surface area contributed by atoms with Crippen molar-refractivity contribution in [3.05, 3.63) is 58.8 Å². The van der Waals surface area contributed by atoms with Gasteiger partial charge in [0.2, 0.25) is 0 Å². The number of halogens is 1. The van der Waals surface area contributed by atoms with Crippen LogP contribution in [0.1, 0.15) is 0 Å². The zero-order valence-electron chi connectivity index (χ0n) is 8.27. The molecule has 0 amide bonds. The molecule has 2 aromatic rings. The molecule has 76 valence electrons. The third-order valence-corrected chi connectivity index (χ3v) is 2.26. The van der Waals surface area contributed by atoms with Crippen LogP contribution in [0.3, 0.4) is 0 Å². The van der Waals surface area contributed by atoms with Crippen molar-refractivity contribution in [3.8, 4) is 11.1 Å². The molecule has 1 aromatic heterocycles. The van der Waals surface area contributed by atoms with E-state index in [1.807, 2.05) is 0 Å². The van der Waals surface area contributed by atoms with Crippen LogP contribution in [-0.4, -0.2) is 4.57 Å². The van der Waals surface area contributed by atoms with Crippen LogP contribution >= 0.6 is 0 Å². The lowest BCUT2D eigenvalue weighted by atomic mass is 10.1. The number of benzene rings is 1. The van der Waals surface area contributed by atoms with Gasteiger partial charge in [-0.1, -0.05) is 12.1 Å². The molecule has 15 heavy (non-hydrogen) atoms. The Morgan fingerprint density at radius 3 is 2.73 bits per heavy atom. The molecule has 0 aliphatic carbocycles. The first-order valence-corrected chi connectivity index (χ1v) is 4.60. The van der Waals surface area contributed by atoms with E-state index >= 15 is 0 Å². The first-order valence-electron chi connectivity index (χ1n) is 4.60. The second-order valence-corrected chi connectivity index (χ2v) is 3.35. The van der Waals surface area contributed by atoms with Gasteiger partial charge in [-0.25, -0.2) is 4.39 Å². The number of aromatic nitrogens is 1. The number of hydrogen-bond donors (Lipinski definition) is 0. The number of rotatable bonds is 1. The number of nitrogens with zero attached hydrogens (tertiary/aromatic N) is 1. The third-order valence-electron chi connectivity index (χ3n) is 2.26. The predicted molar refractivity (Wildman–Crippen MR) is 57.1 cm³/mol. The van der Waals surface area contributed by atoms with Gasteiger partial charge in [0.05, 0.1) is 0 Å². The van der Waals surface area contributed by atoms with Gasteiger partial charge in [0, 0.05) is 18.8 Å². The summed E-state index contributed by atoms with van der Waals surface area (Å²) in [5.41, 5.74) is 0.999. The Hall–Kier alpha value is -1.90. The van der Waals surface area contributed by atoms with Crippen molar-refractivity contribution in [2.75, 3.05) is 0 Å². The molecule has 2 rings (SSSR count). The minimum atomic E-state index is -0.335. The van der Waals surface area contributed by atoms with E-state index in [4.69, 9.17) is 0 Å². The summed E-state index contributed by atoms with van der Waals surface area (Å²) >= 11 is 0. The first kappa shape index (κ1) is 9.65. The van der Waals surface area contributed by atoms with E-state index in [1.165, 1.54) is 16.7 Å². The fourth-order valence-corrected chi connectivity index (χ4v) is 1.47. The molecule has 0 atom stereocenters. The maximum absolute atomic E-state index is 13.0. The van der Waals surface area contributed by atoms with Crippen molar-refractivity contribution >= 4 is 0 Å². The molecule has 1 aromatic carbocycles. The van der Waals surface area contributed by atoms with Gasteiger partial charge in [0.25, 0.3) is 5.56 Å². The Kier molecular flexibility index (Phi) is 2.37. The van der Waals surface area contributed by atoms with Crippen LogP contribution in [0.2, 0.25) is 0 Å². The van der Waals surface area contributed by atoms with Crippen LogP contribution in [-0.2, 0) is 7.05 Å². The largest absolute Gasteiger partial charge is 0.318 e. The molecule has 0 bridgehead atoms. The van der Waals surface area contributed by atoms with Crippen LogP contribution in [0.25, 0.3) is 11.1 Å². The van der Waals surface area contributed by atoms with Crippen LogP contribution in [0.5, 0.6) is 0 Å². The van der Waals surface area contributed by atoms with Crippen molar-refractivity contribution in [1.29, 1.82) is 0 Å². The Morgan fingerprint density at radius 1 is 1.20 bits per heavy atom. The average Bonchev–Trinajstić information content (AvgIpc) is 2.22. The Morgan fingerprint density at radius 2 is 2.00 bits per heavy atom. The summed E-state index contributed by atoms with van der Waals surface area (Å²) in [5.74, 6) is -0.335. The molecule has 0 radical (unpaired) electrons. The molecule has 0 aliphatic heterocycles. The molecule has 1 heterocycles. The predicted octanol–water partition coefficient (Wildman–Crippen LogP) is 2.19. The zero-order chi connectivity index (χ0) is 10.8. The van der Waals surface area contributed by atoms with E-state index in [9.17, 15) is 9.18 Å². The van der Waals surface area contributed by atoms with Gasteiger partial charge >= 0.3 is 0 Å². The molecular weight excluding hydrogens is 193 g/mol. The number of hydrogen-bond acceptors (Lipinski definition) is 1. The normalized spacial score (nSPS) is 10.3. The minimum Gasteiger partial charge on any atom is -0.318 e. The summed E-state index contributed by atoms with van der Waals surface area (Å²) in [6.45, 7) is 0. The van der Waals surface area contributed by atoms with Crippen molar-refractivity contribution in [2.45, 2.75) is 0 Å². The van der Waals surface area contributed by atoms with Crippen LogP contribution < -0.4 is 5.56 Å². The second-order valence-electron chi connectivity index (χ2n) is 3.35. The maximum atomic E-state index is 13.0. The summed E-state index contributed by atoms with van der Waals surface area (Å²) in [6, 6.07) is 9.49. The van der Waals surface area contributed by atoms with Gasteiger partial charge in [-0.2, -0.15) is 0 Å². The summed E-state index contributed by atoms with van der Waals surface area (Å²) in [4.78, 5) is 11.7. The highest BCUT2D eigenvalue weighted by Gasteiger charge is 2.04. The van der Waals surface area contributed by atoms with Gasteiger partial charge in [0.1, 0.15) is 5.82 Å². The van der Waals surface area contributed by atoms with Crippen molar-refractivity contribution in [1.82, 2.24) is 4.57 Å². The van der Waals surface area contributed by atoms with Crippen LogP contribution in [0.4, 0.5) is 4.39 Å². The second kappa shape index (κ2) is 3.69. The quantitative estimate of drug-likeness (QED) is 0.696. The Labute approximate surface area is 86.6 Å². The topological polar surface area (TPSA) is 22.0 Å². The van der Waals surface area contributed by atoms with Gasteiger partial charge in [0.15, 0.2) is 0 Å². The Balaban J connectivity index is 2.65. The lowest BCUT2D eigenvalue weighted by molar-refractivity contribution is 0.628. The number of pyridine rings is 1. The van der Waals surface area contributed by atoms with Crippen molar-refractivity contribution < 1.29 is 4.39 Å². The molecule has 0 spiro atoms. The van der Waals surface area contributed by atoms with E-state index in [2.05, 4.69) is 0 Å². The molecule has 0 unspecified atom stereocenters. The van der Waals surface area contributed by atoms with Crippen LogP contribution in [0.15, 0.2) is 47.4 Å². The highest BCUT2D eigenvalue weighted by atomic mass is 19.1. The first-order chi connectivity index (χ1) is 7.18. The van der Waals surface area contributed by atoms with E-state index in [0.29, 0.717) is 11.1 Å². The van der Waals surface area contributed by atoms with E-state index in [-0.39, 0.29) is 11.4 Å². The SMILES string of the molecule is Cn1cccc(-c2cccc(F)c2)c1=O. The average molecular weight is 203 g/mol. The fourth-order valence-electron chi connectivity index (χ4n) is 1.47. The maximum Gasteiger partial charge on any atom is 0.258 e. The smallest absolute Gasteiger partial charge is 0.258 e. The van der Waals surface area contributed by atoms with Gasteiger partial charge in [-0.3, -0.25) is 4.79 Å². The lowest BCUT2D eigenvalue weighted by Gasteiger charge is -2.03. The molecule has 0 N–H and O–H groups in total. The molecule has 2 nitrogen and oxygen atoms in total. The minimum absolute atomic E-state index is 0.122. The van der Waals surface area contributed by atoms with Crippen LogP contribution in [0, 0.1) is 5.82 Å². The third kappa shape index (κ3) is 1.81. The van der Waals surface area contributed by atoms with Gasteiger partial charge < -0.3 is 4.57 Å². The van der Waals surface area contributed by atoms with Crippen molar-refractivity contribution in [3.63, 3.8) is 0 Å². The summed E-state index contributed by atoms with van der Waals surface area (Å²) in [6.07, 6.45) is 1.67. The lowest BCUT2D eigenvalue weighted by Crippen LogP contribution is -2.17. The van der Waals surface area contributed by atoms with Gasteiger partial charge in [-0.05, 0) is 29.8 Å². The molecule has 0 saturated heterocycles.